The van der Waals surface area contributed by atoms with E-state index < -0.39 is 17.5 Å². The molecule has 1 N–H and O–H groups in total. The molecule has 1 aromatic rings. The maximum atomic E-state index is 13.0. The van der Waals surface area contributed by atoms with Crippen LogP contribution in [0.15, 0.2) is 24.8 Å². The minimum absolute atomic E-state index is 0.298. The number of hydrogen-bond acceptors (Lipinski definition) is 1. The van der Waals surface area contributed by atoms with Crippen molar-refractivity contribution in [3.63, 3.8) is 0 Å². The molecule has 0 radical (unpaired) electrons. The highest BCUT2D eigenvalue weighted by Crippen LogP contribution is 2.19. The second-order valence-electron chi connectivity index (χ2n) is 2.75. The molecular weight excluding hydrogens is 191 g/mol. The highest BCUT2D eigenvalue weighted by Gasteiger charge is 2.09. The molecule has 0 saturated heterocycles. The second kappa shape index (κ2) is 4.69. The van der Waals surface area contributed by atoms with E-state index in [4.69, 9.17) is 0 Å². The fourth-order valence-corrected chi connectivity index (χ4v) is 1.01. The standard InChI is InChI=1S/C10H10F3N/c1-2-3-4-14-10-8(12)5-7(11)6-9(10)13/h2,5-6,14H,1,3-4H2. The lowest BCUT2D eigenvalue weighted by Gasteiger charge is -2.07. The molecule has 14 heavy (non-hydrogen) atoms. The Balaban J connectivity index is 2.80. The third-order valence-electron chi connectivity index (χ3n) is 1.66. The zero-order valence-corrected chi connectivity index (χ0v) is 7.49. The van der Waals surface area contributed by atoms with Crippen molar-refractivity contribution in [1.29, 1.82) is 0 Å². The van der Waals surface area contributed by atoms with E-state index in [9.17, 15) is 13.2 Å². The predicted molar refractivity (Wildman–Crippen MR) is 49.6 cm³/mol. The predicted octanol–water partition coefficient (Wildman–Crippen LogP) is 3.09. The van der Waals surface area contributed by atoms with Gasteiger partial charge >= 0.3 is 0 Å². The molecule has 76 valence electrons. The van der Waals surface area contributed by atoms with Crippen LogP contribution >= 0.6 is 0 Å². The molecule has 0 spiro atoms. The molecular formula is C10H10F3N. The van der Waals surface area contributed by atoms with Crippen molar-refractivity contribution < 1.29 is 13.2 Å². The van der Waals surface area contributed by atoms with Crippen molar-refractivity contribution in [2.45, 2.75) is 6.42 Å². The van der Waals surface area contributed by atoms with E-state index in [2.05, 4.69) is 11.9 Å². The Bertz CT molecular complexity index is 313. The lowest BCUT2D eigenvalue weighted by atomic mass is 10.2. The molecule has 0 amide bonds. The summed E-state index contributed by atoms with van der Waals surface area (Å²) in [5, 5.41) is 2.52. The van der Waals surface area contributed by atoms with Crippen LogP contribution in [0.5, 0.6) is 0 Å². The molecule has 0 fully saturated rings. The number of rotatable bonds is 4. The monoisotopic (exact) mass is 201 g/mol. The normalized spacial score (nSPS) is 9.93. The van der Waals surface area contributed by atoms with Gasteiger partial charge in [-0.25, -0.2) is 13.2 Å². The van der Waals surface area contributed by atoms with Crippen LogP contribution < -0.4 is 5.32 Å². The summed E-state index contributed by atoms with van der Waals surface area (Å²) in [5.74, 6) is -2.77. The fourth-order valence-electron chi connectivity index (χ4n) is 1.01. The van der Waals surface area contributed by atoms with E-state index in [1.807, 2.05) is 0 Å². The number of hydrogen-bond donors (Lipinski definition) is 1. The number of benzene rings is 1. The molecule has 0 atom stereocenters. The minimum atomic E-state index is -0.924. The van der Waals surface area contributed by atoms with Crippen LogP contribution in [0.3, 0.4) is 0 Å². The minimum Gasteiger partial charge on any atom is -0.380 e. The average molecular weight is 201 g/mol. The van der Waals surface area contributed by atoms with Crippen molar-refractivity contribution >= 4 is 5.69 Å². The SMILES string of the molecule is C=CCCNc1c(F)cc(F)cc1F. The molecule has 0 unspecified atom stereocenters. The van der Waals surface area contributed by atoms with Crippen LogP contribution in [0, 0.1) is 17.5 Å². The maximum Gasteiger partial charge on any atom is 0.152 e. The zero-order valence-electron chi connectivity index (χ0n) is 7.49. The molecule has 0 aliphatic rings. The third-order valence-corrected chi connectivity index (χ3v) is 1.66. The molecule has 1 aromatic carbocycles. The topological polar surface area (TPSA) is 12.0 Å². The van der Waals surface area contributed by atoms with Crippen molar-refractivity contribution in [3.05, 3.63) is 42.2 Å². The largest absolute Gasteiger partial charge is 0.380 e. The first kappa shape index (κ1) is 10.6. The van der Waals surface area contributed by atoms with Crippen LogP contribution in [-0.2, 0) is 0 Å². The Morgan fingerprint density at radius 2 is 1.79 bits per heavy atom. The van der Waals surface area contributed by atoms with Gasteiger partial charge in [-0.2, -0.15) is 0 Å². The molecule has 0 saturated carbocycles. The van der Waals surface area contributed by atoms with Gasteiger partial charge < -0.3 is 5.32 Å². The highest BCUT2D eigenvalue weighted by atomic mass is 19.1. The van der Waals surface area contributed by atoms with Gasteiger partial charge in [0.15, 0.2) is 11.6 Å². The van der Waals surface area contributed by atoms with Gasteiger partial charge in [-0.1, -0.05) is 6.08 Å². The molecule has 4 heteroatoms. The Morgan fingerprint density at radius 3 is 2.29 bits per heavy atom. The van der Waals surface area contributed by atoms with Gasteiger partial charge in [-0.3, -0.25) is 0 Å². The van der Waals surface area contributed by atoms with Gasteiger partial charge in [0, 0.05) is 18.7 Å². The van der Waals surface area contributed by atoms with Crippen LogP contribution in [-0.4, -0.2) is 6.54 Å². The van der Waals surface area contributed by atoms with Gasteiger partial charge in [-0.05, 0) is 6.42 Å². The molecule has 0 bridgehead atoms. The van der Waals surface area contributed by atoms with E-state index in [1.165, 1.54) is 0 Å². The van der Waals surface area contributed by atoms with E-state index >= 15 is 0 Å². The first-order valence-corrected chi connectivity index (χ1v) is 4.14. The molecule has 1 nitrogen and oxygen atoms in total. The van der Waals surface area contributed by atoms with Crippen LogP contribution in [0.1, 0.15) is 6.42 Å². The van der Waals surface area contributed by atoms with Gasteiger partial charge in [-0.15, -0.1) is 6.58 Å². The van der Waals surface area contributed by atoms with Gasteiger partial charge in [0.25, 0.3) is 0 Å². The molecule has 0 heterocycles. The number of nitrogens with one attached hydrogen (secondary N) is 1. The van der Waals surface area contributed by atoms with E-state index in [-0.39, 0.29) is 5.69 Å². The lowest BCUT2D eigenvalue weighted by Crippen LogP contribution is -2.05. The maximum absolute atomic E-state index is 13.0. The number of halogens is 3. The summed E-state index contributed by atoms with van der Waals surface area (Å²) in [6.45, 7) is 3.83. The van der Waals surface area contributed by atoms with Gasteiger partial charge in [0.2, 0.25) is 0 Å². The first-order chi connectivity index (χ1) is 6.65. The Kier molecular flexibility index (Phi) is 3.56. The summed E-state index contributed by atoms with van der Waals surface area (Å²) < 4.78 is 38.4. The van der Waals surface area contributed by atoms with Crippen LogP contribution in [0.2, 0.25) is 0 Å². The summed E-state index contributed by atoms with van der Waals surface area (Å²) in [6, 6.07) is 1.28. The lowest BCUT2D eigenvalue weighted by molar-refractivity contribution is 0.547. The van der Waals surface area contributed by atoms with Crippen molar-refractivity contribution in [3.8, 4) is 0 Å². The van der Waals surface area contributed by atoms with Gasteiger partial charge in [0.1, 0.15) is 11.5 Å². The molecule has 0 aliphatic heterocycles. The Morgan fingerprint density at radius 1 is 1.21 bits per heavy atom. The van der Waals surface area contributed by atoms with Crippen LogP contribution in [0.25, 0.3) is 0 Å². The Hall–Kier alpha value is -1.45. The first-order valence-electron chi connectivity index (χ1n) is 4.14. The second-order valence-corrected chi connectivity index (χ2v) is 2.75. The molecule has 1 rings (SSSR count). The van der Waals surface area contributed by atoms with Crippen LogP contribution in [0.4, 0.5) is 18.9 Å². The average Bonchev–Trinajstić information content (AvgIpc) is 2.09. The van der Waals surface area contributed by atoms with Gasteiger partial charge in [0.05, 0.1) is 0 Å². The number of anilines is 1. The molecule has 0 aliphatic carbocycles. The van der Waals surface area contributed by atoms with E-state index in [0.29, 0.717) is 25.1 Å². The van der Waals surface area contributed by atoms with E-state index in [0.717, 1.165) is 0 Å². The third kappa shape index (κ3) is 2.52. The summed E-state index contributed by atoms with van der Waals surface area (Å²) in [6.07, 6.45) is 2.20. The Labute approximate surface area is 80.2 Å². The van der Waals surface area contributed by atoms with Crippen molar-refractivity contribution in [2.75, 3.05) is 11.9 Å². The quantitative estimate of drug-likeness (QED) is 0.583. The zero-order chi connectivity index (χ0) is 10.6. The van der Waals surface area contributed by atoms with E-state index in [1.54, 1.807) is 6.08 Å². The van der Waals surface area contributed by atoms with Crippen molar-refractivity contribution in [2.24, 2.45) is 0 Å². The summed E-state index contributed by atoms with van der Waals surface area (Å²) in [5.41, 5.74) is -0.298. The highest BCUT2D eigenvalue weighted by molar-refractivity contribution is 5.46. The summed E-state index contributed by atoms with van der Waals surface area (Å²) >= 11 is 0. The summed E-state index contributed by atoms with van der Waals surface area (Å²) in [7, 11) is 0. The smallest absolute Gasteiger partial charge is 0.152 e. The fraction of sp³-hybridized carbons (Fsp3) is 0.200. The summed E-state index contributed by atoms with van der Waals surface area (Å²) in [4.78, 5) is 0. The van der Waals surface area contributed by atoms with Crippen molar-refractivity contribution in [1.82, 2.24) is 0 Å². The molecule has 0 aromatic heterocycles.